The molecule has 9 aromatic carbocycles. The van der Waals surface area contributed by atoms with E-state index in [-0.39, 0.29) is 0 Å². The van der Waals surface area contributed by atoms with Crippen molar-refractivity contribution >= 4 is 48.6 Å². The Balaban J connectivity index is 1.01. The molecule has 10 aromatic rings. The predicted molar refractivity (Wildman–Crippen MR) is 242 cm³/mol. The largest absolute Gasteiger partial charge is 0.310 e. The summed E-state index contributed by atoms with van der Waals surface area (Å²) in [4.78, 5) is 2.38. The standard InChI is InChI=1S/C55H37NS/c1-4-15-38(16-5-1)41-29-33-53-49(36-41)50-37-46(32-34-54(50)57-53)56(44-21-8-3-9-22-44)45-30-27-39(28-31-45)40-17-14-20-43(35-40)55(42-18-6-2-7-19-42)51-25-12-10-23-47(51)48-24-11-13-26-52(48)55/h1-37H. The van der Waals surface area contributed by atoms with Gasteiger partial charge in [-0.2, -0.15) is 0 Å². The van der Waals surface area contributed by atoms with Gasteiger partial charge in [0.15, 0.2) is 0 Å². The molecule has 0 fully saturated rings. The van der Waals surface area contributed by atoms with E-state index in [9.17, 15) is 0 Å². The minimum absolute atomic E-state index is 0.430. The fourth-order valence-corrected chi connectivity index (χ4v) is 10.3. The van der Waals surface area contributed by atoms with E-state index in [0.717, 1.165) is 17.1 Å². The number of rotatable bonds is 7. The van der Waals surface area contributed by atoms with Gasteiger partial charge in [-0.05, 0) is 116 Å². The summed E-state index contributed by atoms with van der Waals surface area (Å²) in [6.07, 6.45) is 0. The van der Waals surface area contributed by atoms with E-state index in [0.29, 0.717) is 0 Å². The second kappa shape index (κ2) is 13.6. The van der Waals surface area contributed by atoms with Gasteiger partial charge in [0.05, 0.1) is 5.41 Å². The van der Waals surface area contributed by atoms with Gasteiger partial charge in [0.1, 0.15) is 0 Å². The molecule has 0 saturated carbocycles. The lowest BCUT2D eigenvalue weighted by Crippen LogP contribution is -2.28. The average molecular weight is 744 g/mol. The highest BCUT2D eigenvalue weighted by molar-refractivity contribution is 7.25. The molecule has 268 valence electrons. The Hall–Kier alpha value is -7.00. The number of benzene rings is 9. The molecule has 0 N–H and O–H groups in total. The van der Waals surface area contributed by atoms with Gasteiger partial charge >= 0.3 is 0 Å². The topological polar surface area (TPSA) is 3.24 Å². The molecule has 1 aromatic heterocycles. The first-order valence-electron chi connectivity index (χ1n) is 19.6. The number of thiophene rings is 1. The highest BCUT2D eigenvalue weighted by Gasteiger charge is 2.45. The van der Waals surface area contributed by atoms with Crippen molar-refractivity contribution in [3.8, 4) is 33.4 Å². The molecule has 0 aliphatic heterocycles. The van der Waals surface area contributed by atoms with Crippen molar-refractivity contribution < 1.29 is 0 Å². The number of hydrogen-bond acceptors (Lipinski definition) is 2. The molecule has 0 spiro atoms. The minimum Gasteiger partial charge on any atom is -0.310 e. The minimum atomic E-state index is -0.430. The highest BCUT2D eigenvalue weighted by Crippen LogP contribution is 2.56. The van der Waals surface area contributed by atoms with Crippen molar-refractivity contribution in [2.75, 3.05) is 4.90 Å². The third-order valence-corrected chi connectivity index (χ3v) is 12.9. The van der Waals surface area contributed by atoms with Gasteiger partial charge in [0.25, 0.3) is 0 Å². The maximum atomic E-state index is 2.41. The molecule has 0 bridgehead atoms. The molecule has 0 saturated heterocycles. The van der Waals surface area contributed by atoms with E-state index in [1.807, 2.05) is 11.3 Å². The van der Waals surface area contributed by atoms with Crippen LogP contribution < -0.4 is 4.90 Å². The molecule has 1 aliphatic carbocycles. The van der Waals surface area contributed by atoms with Crippen molar-refractivity contribution in [2.45, 2.75) is 5.41 Å². The Morgan fingerprint density at radius 3 is 1.49 bits per heavy atom. The molecular weight excluding hydrogens is 707 g/mol. The zero-order valence-electron chi connectivity index (χ0n) is 31.2. The van der Waals surface area contributed by atoms with Gasteiger partial charge in [-0.15, -0.1) is 11.3 Å². The van der Waals surface area contributed by atoms with Gasteiger partial charge in [0, 0.05) is 37.2 Å². The molecule has 1 nitrogen and oxygen atoms in total. The number of nitrogens with zero attached hydrogens (tertiary/aromatic N) is 1. The summed E-state index contributed by atoms with van der Waals surface area (Å²) < 4.78 is 2.60. The second-order valence-electron chi connectivity index (χ2n) is 14.9. The summed E-state index contributed by atoms with van der Waals surface area (Å²) in [5, 5.41) is 2.57. The molecule has 57 heavy (non-hydrogen) atoms. The van der Waals surface area contributed by atoms with E-state index in [4.69, 9.17) is 0 Å². The van der Waals surface area contributed by atoms with E-state index in [2.05, 4.69) is 229 Å². The van der Waals surface area contributed by atoms with Gasteiger partial charge in [0.2, 0.25) is 0 Å². The summed E-state index contributed by atoms with van der Waals surface area (Å²) in [6.45, 7) is 0. The second-order valence-corrected chi connectivity index (χ2v) is 15.9. The van der Waals surface area contributed by atoms with Crippen LogP contribution in [0.3, 0.4) is 0 Å². The van der Waals surface area contributed by atoms with Crippen LogP contribution in [0.15, 0.2) is 224 Å². The first kappa shape index (κ1) is 33.3. The van der Waals surface area contributed by atoms with Crippen molar-refractivity contribution in [2.24, 2.45) is 0 Å². The predicted octanol–water partition coefficient (Wildman–Crippen LogP) is 15.2. The Bertz CT molecular complexity index is 3010. The summed E-state index contributed by atoms with van der Waals surface area (Å²) in [6, 6.07) is 82.4. The zero-order valence-corrected chi connectivity index (χ0v) is 32.0. The Kier molecular flexibility index (Phi) is 7.98. The number of para-hydroxylation sites is 1. The van der Waals surface area contributed by atoms with E-state index >= 15 is 0 Å². The highest BCUT2D eigenvalue weighted by atomic mass is 32.1. The lowest BCUT2D eigenvalue weighted by Gasteiger charge is -2.34. The zero-order chi connectivity index (χ0) is 37.8. The smallest absolute Gasteiger partial charge is 0.0713 e. The van der Waals surface area contributed by atoms with Crippen molar-refractivity contribution in [3.05, 3.63) is 247 Å². The molecule has 1 aliphatic rings. The summed E-state index contributed by atoms with van der Waals surface area (Å²) in [5.74, 6) is 0. The van der Waals surface area contributed by atoms with Crippen molar-refractivity contribution in [1.29, 1.82) is 0 Å². The molecule has 0 radical (unpaired) electrons. The van der Waals surface area contributed by atoms with E-state index in [1.54, 1.807) is 0 Å². The van der Waals surface area contributed by atoms with Crippen molar-refractivity contribution in [1.82, 2.24) is 0 Å². The average Bonchev–Trinajstić information content (AvgIpc) is 3.81. The monoisotopic (exact) mass is 743 g/mol. The van der Waals surface area contributed by atoms with Crippen LogP contribution >= 0.6 is 11.3 Å². The van der Waals surface area contributed by atoms with Gasteiger partial charge < -0.3 is 4.90 Å². The molecule has 2 heteroatoms. The van der Waals surface area contributed by atoms with Crippen LogP contribution in [0.25, 0.3) is 53.6 Å². The Morgan fingerprint density at radius 1 is 0.316 bits per heavy atom. The first-order chi connectivity index (χ1) is 28.3. The Morgan fingerprint density at radius 2 is 0.789 bits per heavy atom. The maximum Gasteiger partial charge on any atom is 0.0713 e. The number of hydrogen-bond donors (Lipinski definition) is 0. The van der Waals surface area contributed by atoms with Crippen LogP contribution in [0.4, 0.5) is 17.1 Å². The van der Waals surface area contributed by atoms with Crippen LogP contribution in [-0.4, -0.2) is 0 Å². The lowest BCUT2D eigenvalue weighted by atomic mass is 9.67. The van der Waals surface area contributed by atoms with Gasteiger partial charge in [-0.3, -0.25) is 0 Å². The lowest BCUT2D eigenvalue weighted by molar-refractivity contribution is 0.769. The van der Waals surface area contributed by atoms with Gasteiger partial charge in [-0.1, -0.05) is 164 Å². The molecule has 0 amide bonds. The fourth-order valence-electron chi connectivity index (χ4n) is 9.19. The number of fused-ring (bicyclic) bond motifs is 6. The first-order valence-corrected chi connectivity index (χ1v) is 20.4. The Labute approximate surface area is 337 Å². The van der Waals surface area contributed by atoms with Crippen LogP contribution in [0, 0.1) is 0 Å². The summed E-state index contributed by atoms with van der Waals surface area (Å²) in [5.41, 5.74) is 15.6. The summed E-state index contributed by atoms with van der Waals surface area (Å²) in [7, 11) is 0. The third-order valence-electron chi connectivity index (χ3n) is 11.7. The SMILES string of the molecule is c1ccc(-c2ccc3sc4ccc(N(c5ccccc5)c5ccc(-c6cccc(C7(c8ccccc8)c8ccccc8-c8ccccc87)c6)cc5)cc4c3c2)cc1. The normalized spacial score (nSPS) is 12.7. The van der Waals surface area contributed by atoms with Crippen LogP contribution in [0.2, 0.25) is 0 Å². The summed E-state index contributed by atoms with van der Waals surface area (Å²) >= 11 is 1.86. The van der Waals surface area contributed by atoms with E-state index < -0.39 is 5.41 Å². The molecule has 0 unspecified atom stereocenters. The van der Waals surface area contributed by atoms with Gasteiger partial charge in [-0.25, -0.2) is 0 Å². The molecule has 1 heterocycles. The van der Waals surface area contributed by atoms with Crippen LogP contribution in [-0.2, 0) is 5.41 Å². The molecule has 0 atom stereocenters. The van der Waals surface area contributed by atoms with Crippen LogP contribution in [0.5, 0.6) is 0 Å². The quantitative estimate of drug-likeness (QED) is 0.157. The third kappa shape index (κ3) is 5.44. The number of anilines is 3. The fraction of sp³-hybridized carbons (Fsp3) is 0.0182. The molecular formula is C55H37NS. The van der Waals surface area contributed by atoms with E-state index in [1.165, 1.54) is 75.8 Å². The maximum absolute atomic E-state index is 2.41. The van der Waals surface area contributed by atoms with Crippen molar-refractivity contribution in [3.63, 3.8) is 0 Å². The molecule has 11 rings (SSSR count). The van der Waals surface area contributed by atoms with Crippen LogP contribution in [0.1, 0.15) is 22.3 Å².